The Bertz CT molecular complexity index is 1110. The van der Waals surface area contributed by atoms with Gasteiger partial charge in [-0.25, -0.2) is 4.79 Å². The van der Waals surface area contributed by atoms with E-state index in [4.69, 9.17) is 4.74 Å². The van der Waals surface area contributed by atoms with E-state index < -0.39 is 11.6 Å². The first-order valence-electron chi connectivity index (χ1n) is 9.33. The highest BCUT2D eigenvalue weighted by Gasteiger charge is 2.23. The average Bonchev–Trinajstić information content (AvgIpc) is 3.25. The molecular formula is C22H23NO5S2. The second kappa shape index (κ2) is 8.57. The maximum Gasteiger partial charge on any atom is 0.348 e. The van der Waals surface area contributed by atoms with Crippen molar-refractivity contribution >= 4 is 50.4 Å². The molecule has 0 bridgehead atoms. The number of carbonyl (C=O) groups is 3. The molecule has 0 spiro atoms. The molecule has 0 aliphatic carbocycles. The van der Waals surface area contributed by atoms with Crippen LogP contribution >= 0.6 is 22.7 Å². The molecule has 1 aromatic carbocycles. The van der Waals surface area contributed by atoms with Gasteiger partial charge >= 0.3 is 5.97 Å². The van der Waals surface area contributed by atoms with Gasteiger partial charge in [0.15, 0.2) is 0 Å². The number of ketones is 1. The largest absolute Gasteiger partial charge is 0.508 e. The summed E-state index contributed by atoms with van der Waals surface area (Å²) in [6, 6.07) is 6.54. The van der Waals surface area contributed by atoms with E-state index in [9.17, 15) is 19.5 Å². The monoisotopic (exact) mass is 445 g/mol. The van der Waals surface area contributed by atoms with Gasteiger partial charge in [0.1, 0.15) is 22.0 Å². The Hall–Kier alpha value is -2.71. The predicted octanol–water partition coefficient (Wildman–Crippen LogP) is 4.86. The van der Waals surface area contributed by atoms with Crippen LogP contribution in [0.3, 0.4) is 0 Å². The van der Waals surface area contributed by atoms with Crippen molar-refractivity contribution in [3.63, 3.8) is 0 Å². The molecule has 0 aliphatic heterocycles. The van der Waals surface area contributed by atoms with Crippen LogP contribution in [0.25, 0.3) is 10.1 Å². The van der Waals surface area contributed by atoms with E-state index in [0.29, 0.717) is 10.4 Å². The molecule has 8 heteroatoms. The van der Waals surface area contributed by atoms with Crippen LogP contribution in [0.1, 0.15) is 53.3 Å². The fourth-order valence-corrected chi connectivity index (χ4v) is 4.68. The van der Waals surface area contributed by atoms with Crippen LogP contribution in [-0.2, 0) is 16.1 Å². The Kier molecular flexibility index (Phi) is 6.28. The predicted molar refractivity (Wildman–Crippen MR) is 118 cm³/mol. The molecule has 1 amide bonds. The smallest absolute Gasteiger partial charge is 0.348 e. The first kappa shape index (κ1) is 22.0. The number of carbonyl (C=O) groups excluding carboxylic acids is 3. The first-order valence-corrected chi connectivity index (χ1v) is 11.1. The molecule has 0 aliphatic rings. The zero-order valence-corrected chi connectivity index (χ0v) is 18.9. The number of esters is 1. The summed E-state index contributed by atoms with van der Waals surface area (Å²) >= 11 is 2.61. The fourth-order valence-electron chi connectivity index (χ4n) is 2.94. The van der Waals surface area contributed by atoms with Crippen LogP contribution in [0.2, 0.25) is 0 Å². The molecule has 0 radical (unpaired) electrons. The second-order valence-electron chi connectivity index (χ2n) is 8.01. The third kappa shape index (κ3) is 5.25. The van der Waals surface area contributed by atoms with Gasteiger partial charge in [-0.3, -0.25) is 9.59 Å². The molecule has 2 heterocycles. The van der Waals surface area contributed by atoms with Gasteiger partial charge in [0, 0.05) is 22.0 Å². The minimum Gasteiger partial charge on any atom is -0.508 e. The topological polar surface area (TPSA) is 83.9 Å². The first-order chi connectivity index (χ1) is 14.0. The number of thiophene rings is 2. The molecule has 30 heavy (non-hydrogen) atoms. The summed E-state index contributed by atoms with van der Waals surface area (Å²) in [7, 11) is 0. The third-order valence-corrected chi connectivity index (χ3v) is 6.02. The Morgan fingerprint density at radius 2 is 1.83 bits per heavy atom. The van der Waals surface area contributed by atoms with E-state index >= 15 is 0 Å². The molecule has 3 rings (SSSR count). The van der Waals surface area contributed by atoms with Crippen molar-refractivity contribution in [1.29, 1.82) is 0 Å². The normalized spacial score (nSPS) is 11.5. The Morgan fingerprint density at radius 3 is 2.50 bits per heavy atom. The molecule has 158 valence electrons. The summed E-state index contributed by atoms with van der Waals surface area (Å²) in [6.45, 7) is 7.01. The van der Waals surface area contributed by atoms with Crippen LogP contribution in [0.5, 0.6) is 5.75 Å². The summed E-state index contributed by atoms with van der Waals surface area (Å²) in [5, 5.41) is 13.9. The van der Waals surface area contributed by atoms with Gasteiger partial charge in [0.05, 0.1) is 12.1 Å². The second-order valence-corrected chi connectivity index (χ2v) is 9.84. The molecule has 2 aromatic heterocycles. The standard InChI is InChI=1S/C22H23NO5S2/c1-13(24)9-23(10-14-7-19(29-11-14)21(27)28-22(2,3)4)20(26)17-12-30-18-8-15(25)5-6-16(17)18/h5-8,11-12,25H,9-10H2,1-4H3. The Balaban J connectivity index is 1.83. The van der Waals surface area contributed by atoms with Crippen LogP contribution in [0, 0.1) is 0 Å². The van der Waals surface area contributed by atoms with Crippen LogP contribution in [-0.4, -0.2) is 39.8 Å². The minimum atomic E-state index is -0.591. The number of phenolic OH excluding ortho intramolecular Hbond substituents is 1. The van der Waals surface area contributed by atoms with E-state index in [-0.39, 0.29) is 30.5 Å². The molecule has 0 fully saturated rings. The molecular weight excluding hydrogens is 422 g/mol. The third-order valence-electron chi connectivity index (χ3n) is 4.12. The van der Waals surface area contributed by atoms with E-state index in [0.717, 1.165) is 15.6 Å². The van der Waals surface area contributed by atoms with Gasteiger partial charge in [-0.05, 0) is 62.9 Å². The van der Waals surface area contributed by atoms with Crippen molar-refractivity contribution in [2.45, 2.75) is 39.8 Å². The molecule has 3 aromatic rings. The quantitative estimate of drug-likeness (QED) is 0.548. The molecule has 0 saturated heterocycles. The summed E-state index contributed by atoms with van der Waals surface area (Å²) in [6.07, 6.45) is 0. The number of nitrogens with zero attached hydrogens (tertiary/aromatic N) is 1. The highest BCUT2D eigenvalue weighted by Crippen LogP contribution is 2.30. The summed E-state index contributed by atoms with van der Waals surface area (Å²) in [5.41, 5.74) is 0.651. The number of fused-ring (bicyclic) bond motifs is 1. The number of Topliss-reactive ketones (excluding diaryl/α,β-unsaturated/α-hetero) is 1. The molecule has 1 N–H and O–H groups in total. The number of benzene rings is 1. The molecule has 0 saturated carbocycles. The minimum absolute atomic E-state index is 0.0358. The molecule has 0 atom stereocenters. The lowest BCUT2D eigenvalue weighted by atomic mass is 10.1. The highest BCUT2D eigenvalue weighted by atomic mass is 32.1. The fraction of sp³-hybridized carbons (Fsp3) is 0.318. The van der Waals surface area contributed by atoms with Gasteiger partial charge in [-0.2, -0.15) is 0 Å². The molecule has 6 nitrogen and oxygen atoms in total. The number of ether oxygens (including phenoxy) is 1. The van der Waals surface area contributed by atoms with Crippen LogP contribution < -0.4 is 0 Å². The lowest BCUT2D eigenvalue weighted by molar-refractivity contribution is -0.117. The number of aromatic hydroxyl groups is 1. The number of hydrogen-bond donors (Lipinski definition) is 1. The maximum absolute atomic E-state index is 13.2. The Labute approximate surface area is 182 Å². The van der Waals surface area contributed by atoms with E-state index in [1.165, 1.54) is 40.6 Å². The van der Waals surface area contributed by atoms with Crippen molar-refractivity contribution in [3.8, 4) is 5.75 Å². The highest BCUT2D eigenvalue weighted by molar-refractivity contribution is 7.17. The zero-order chi connectivity index (χ0) is 22.1. The van der Waals surface area contributed by atoms with Gasteiger partial charge < -0.3 is 14.7 Å². The maximum atomic E-state index is 13.2. The van der Waals surface area contributed by atoms with Crippen molar-refractivity contribution in [2.75, 3.05) is 6.54 Å². The van der Waals surface area contributed by atoms with E-state index in [2.05, 4.69) is 0 Å². The van der Waals surface area contributed by atoms with Crippen LogP contribution in [0.4, 0.5) is 0 Å². The zero-order valence-electron chi connectivity index (χ0n) is 17.2. The van der Waals surface area contributed by atoms with Gasteiger partial charge in [-0.1, -0.05) is 0 Å². The average molecular weight is 446 g/mol. The van der Waals surface area contributed by atoms with E-state index in [1.54, 1.807) is 49.7 Å². The van der Waals surface area contributed by atoms with Crippen molar-refractivity contribution in [1.82, 2.24) is 4.90 Å². The number of phenols is 1. The van der Waals surface area contributed by atoms with Crippen molar-refractivity contribution < 1.29 is 24.2 Å². The number of amides is 1. The van der Waals surface area contributed by atoms with Gasteiger partial charge in [0.2, 0.25) is 0 Å². The van der Waals surface area contributed by atoms with Crippen molar-refractivity contribution in [2.24, 2.45) is 0 Å². The van der Waals surface area contributed by atoms with E-state index in [1.807, 2.05) is 0 Å². The SMILES string of the molecule is CC(=O)CN(Cc1csc(C(=O)OC(C)(C)C)c1)C(=O)c1csc2cc(O)ccc12. The number of rotatable bonds is 6. The van der Waals surface area contributed by atoms with Gasteiger partial charge in [0.25, 0.3) is 5.91 Å². The van der Waals surface area contributed by atoms with Crippen molar-refractivity contribution in [3.05, 3.63) is 51.0 Å². The lowest BCUT2D eigenvalue weighted by Gasteiger charge is -2.21. The molecule has 0 unspecified atom stereocenters. The summed E-state index contributed by atoms with van der Waals surface area (Å²) < 4.78 is 6.18. The summed E-state index contributed by atoms with van der Waals surface area (Å²) in [4.78, 5) is 39.2. The lowest BCUT2D eigenvalue weighted by Crippen LogP contribution is -2.34. The Morgan fingerprint density at radius 1 is 1.10 bits per heavy atom. The summed E-state index contributed by atoms with van der Waals surface area (Å²) in [5.74, 6) is -0.681. The van der Waals surface area contributed by atoms with Crippen LogP contribution in [0.15, 0.2) is 35.0 Å². The van der Waals surface area contributed by atoms with Gasteiger partial charge in [-0.15, -0.1) is 22.7 Å². The number of hydrogen-bond acceptors (Lipinski definition) is 7.